The SMILES string of the molecule is C[C@@H]1CN(c2ccc3c4c(cccc24)C(=O)C3)CCN1CC[C@@H]1OCCc2cc(C(N)=O)ccc21. The van der Waals surface area contributed by atoms with Gasteiger partial charge in [0.2, 0.25) is 5.91 Å². The standard InChI is InChI=1S/C29H31N3O3/c1-18-17-32(25-8-6-20-16-26(33)24-4-2-3-23(25)28(20)24)13-12-31(18)11-9-27-22-7-5-21(29(30)34)15-19(22)10-14-35-27/h2-8,15,18,27H,9-14,16-17H2,1H3,(H2,30,34)/t18-,27+/m1/s1. The van der Waals surface area contributed by atoms with E-state index in [4.69, 9.17) is 10.5 Å². The maximum Gasteiger partial charge on any atom is 0.248 e. The van der Waals surface area contributed by atoms with Crippen LogP contribution in [0.4, 0.5) is 5.69 Å². The smallest absolute Gasteiger partial charge is 0.248 e. The number of piperazine rings is 1. The first-order valence-corrected chi connectivity index (χ1v) is 12.6. The molecule has 1 saturated heterocycles. The van der Waals surface area contributed by atoms with Crippen LogP contribution in [0.2, 0.25) is 0 Å². The van der Waals surface area contributed by atoms with Crippen LogP contribution < -0.4 is 10.6 Å². The van der Waals surface area contributed by atoms with Gasteiger partial charge >= 0.3 is 0 Å². The van der Waals surface area contributed by atoms with Gasteiger partial charge in [0.15, 0.2) is 5.78 Å². The minimum absolute atomic E-state index is 0.0555. The number of benzene rings is 3. The van der Waals surface area contributed by atoms with Crippen LogP contribution in [0.25, 0.3) is 10.8 Å². The number of hydrogen-bond acceptors (Lipinski definition) is 5. The Morgan fingerprint density at radius 3 is 2.83 bits per heavy atom. The molecule has 1 aliphatic carbocycles. The summed E-state index contributed by atoms with van der Waals surface area (Å²) in [5.74, 6) is -0.146. The first-order valence-electron chi connectivity index (χ1n) is 12.6. The molecule has 2 atom stereocenters. The monoisotopic (exact) mass is 469 g/mol. The Labute approximate surface area is 205 Å². The molecule has 0 aromatic heterocycles. The molecule has 3 aromatic rings. The molecule has 2 aliphatic heterocycles. The molecule has 1 amide bonds. The Kier molecular flexibility index (Phi) is 5.58. The molecule has 0 unspecified atom stereocenters. The highest BCUT2D eigenvalue weighted by atomic mass is 16.5. The zero-order valence-electron chi connectivity index (χ0n) is 20.1. The van der Waals surface area contributed by atoms with Crippen molar-refractivity contribution in [2.45, 2.75) is 38.3 Å². The van der Waals surface area contributed by atoms with E-state index in [0.29, 0.717) is 24.6 Å². The third-order valence-corrected chi connectivity index (χ3v) is 8.00. The van der Waals surface area contributed by atoms with Crippen molar-refractivity contribution in [3.63, 3.8) is 0 Å². The number of carbonyl (C=O) groups is 2. The van der Waals surface area contributed by atoms with Gasteiger partial charge in [0.05, 0.1) is 12.7 Å². The molecule has 35 heavy (non-hydrogen) atoms. The van der Waals surface area contributed by atoms with Crippen molar-refractivity contribution in [2.75, 3.05) is 37.7 Å². The van der Waals surface area contributed by atoms with Crippen molar-refractivity contribution in [3.8, 4) is 0 Å². The van der Waals surface area contributed by atoms with E-state index in [-0.39, 0.29) is 17.8 Å². The van der Waals surface area contributed by atoms with Gasteiger partial charge in [-0.15, -0.1) is 0 Å². The summed E-state index contributed by atoms with van der Waals surface area (Å²) >= 11 is 0. The number of rotatable bonds is 5. The quantitative estimate of drug-likeness (QED) is 0.614. The molecule has 3 aliphatic rings. The van der Waals surface area contributed by atoms with Gasteiger partial charge in [-0.2, -0.15) is 0 Å². The minimum Gasteiger partial charge on any atom is -0.373 e. The second-order valence-electron chi connectivity index (χ2n) is 10.1. The van der Waals surface area contributed by atoms with E-state index < -0.39 is 0 Å². The lowest BCUT2D eigenvalue weighted by Gasteiger charge is -2.42. The summed E-state index contributed by atoms with van der Waals surface area (Å²) in [5, 5.41) is 2.35. The van der Waals surface area contributed by atoms with Gasteiger partial charge in [0, 0.05) is 60.8 Å². The van der Waals surface area contributed by atoms with Gasteiger partial charge in [-0.05, 0) is 60.0 Å². The van der Waals surface area contributed by atoms with Crippen molar-refractivity contribution < 1.29 is 14.3 Å². The Morgan fingerprint density at radius 2 is 2.00 bits per heavy atom. The van der Waals surface area contributed by atoms with Crippen LogP contribution in [0.15, 0.2) is 48.5 Å². The fourth-order valence-corrected chi connectivity index (χ4v) is 6.15. The molecule has 6 heteroatoms. The van der Waals surface area contributed by atoms with Crippen molar-refractivity contribution in [2.24, 2.45) is 5.73 Å². The van der Waals surface area contributed by atoms with E-state index >= 15 is 0 Å². The molecule has 180 valence electrons. The maximum atomic E-state index is 12.4. The summed E-state index contributed by atoms with van der Waals surface area (Å²) in [7, 11) is 0. The third-order valence-electron chi connectivity index (χ3n) is 8.00. The Balaban J connectivity index is 1.14. The predicted molar refractivity (Wildman–Crippen MR) is 137 cm³/mol. The number of hydrogen-bond donors (Lipinski definition) is 1. The summed E-state index contributed by atoms with van der Waals surface area (Å²) in [6.45, 7) is 6.84. The number of ketones is 1. The molecule has 0 radical (unpaired) electrons. The summed E-state index contributed by atoms with van der Waals surface area (Å²) in [5.41, 5.74) is 11.7. The molecule has 6 rings (SSSR count). The largest absolute Gasteiger partial charge is 0.373 e. The first-order chi connectivity index (χ1) is 17.0. The number of carbonyl (C=O) groups excluding carboxylic acids is 2. The van der Waals surface area contributed by atoms with Crippen molar-refractivity contribution >= 4 is 28.2 Å². The molecule has 2 heterocycles. The van der Waals surface area contributed by atoms with E-state index in [1.165, 1.54) is 22.2 Å². The highest BCUT2D eigenvalue weighted by molar-refractivity contribution is 6.17. The fraction of sp³-hybridized carbons (Fsp3) is 0.379. The number of Topliss-reactive ketones (excluding diaryl/α,β-unsaturated/α-hetero) is 1. The first kappa shape index (κ1) is 22.3. The molecular weight excluding hydrogens is 438 g/mol. The van der Waals surface area contributed by atoms with Gasteiger partial charge in [-0.25, -0.2) is 0 Å². The van der Waals surface area contributed by atoms with Crippen LogP contribution in [0, 0.1) is 0 Å². The van der Waals surface area contributed by atoms with E-state index in [0.717, 1.165) is 55.5 Å². The van der Waals surface area contributed by atoms with Crippen LogP contribution in [0.3, 0.4) is 0 Å². The predicted octanol–water partition coefficient (Wildman–Crippen LogP) is 3.89. The molecule has 6 nitrogen and oxygen atoms in total. The van der Waals surface area contributed by atoms with Crippen molar-refractivity contribution in [1.29, 1.82) is 0 Å². The average Bonchev–Trinajstić information content (AvgIpc) is 3.20. The normalized spacial score (nSPS) is 22.0. The number of primary amides is 1. The summed E-state index contributed by atoms with van der Waals surface area (Å²) < 4.78 is 6.13. The highest BCUT2D eigenvalue weighted by Gasteiger charge is 2.29. The molecule has 3 aromatic carbocycles. The third kappa shape index (κ3) is 3.91. The van der Waals surface area contributed by atoms with Crippen LogP contribution in [-0.2, 0) is 17.6 Å². The molecule has 0 bridgehead atoms. The number of nitrogens with zero attached hydrogens (tertiary/aromatic N) is 2. The lowest BCUT2D eigenvalue weighted by molar-refractivity contribution is 0.0255. The van der Waals surface area contributed by atoms with Crippen LogP contribution in [-0.4, -0.2) is 55.4 Å². The van der Waals surface area contributed by atoms with Gasteiger partial charge in [-0.3, -0.25) is 14.5 Å². The van der Waals surface area contributed by atoms with E-state index in [1.807, 2.05) is 30.3 Å². The molecule has 2 N–H and O–H groups in total. The average molecular weight is 470 g/mol. The van der Waals surface area contributed by atoms with Gasteiger partial charge in [0.25, 0.3) is 0 Å². The van der Waals surface area contributed by atoms with Crippen LogP contribution in [0.5, 0.6) is 0 Å². The molecular formula is C29H31N3O3. The minimum atomic E-state index is -0.380. The zero-order valence-corrected chi connectivity index (χ0v) is 20.1. The van der Waals surface area contributed by atoms with Crippen molar-refractivity contribution in [3.05, 3.63) is 76.3 Å². The van der Waals surface area contributed by atoms with Gasteiger partial charge in [0.1, 0.15) is 0 Å². The van der Waals surface area contributed by atoms with Crippen LogP contribution in [0.1, 0.15) is 56.9 Å². The van der Waals surface area contributed by atoms with Gasteiger partial charge < -0.3 is 15.4 Å². The number of amides is 1. The number of fused-ring (bicyclic) bond motifs is 1. The molecule has 0 spiro atoms. The maximum absolute atomic E-state index is 12.4. The highest BCUT2D eigenvalue weighted by Crippen LogP contribution is 2.37. The van der Waals surface area contributed by atoms with Crippen molar-refractivity contribution in [1.82, 2.24) is 4.90 Å². The topological polar surface area (TPSA) is 75.9 Å². The summed E-state index contributed by atoms with van der Waals surface area (Å²) in [4.78, 5) is 29.0. The lowest BCUT2D eigenvalue weighted by atomic mass is 9.93. The number of anilines is 1. The van der Waals surface area contributed by atoms with E-state index in [2.05, 4.69) is 34.9 Å². The summed E-state index contributed by atoms with van der Waals surface area (Å²) in [6.07, 6.45) is 2.33. The molecule has 1 fully saturated rings. The second kappa shape index (κ2) is 8.77. The lowest BCUT2D eigenvalue weighted by Crippen LogP contribution is -2.52. The Bertz CT molecular complexity index is 1330. The second-order valence-corrected chi connectivity index (χ2v) is 10.1. The van der Waals surface area contributed by atoms with Gasteiger partial charge in [-0.1, -0.05) is 30.3 Å². The molecule has 0 saturated carbocycles. The number of nitrogens with two attached hydrogens (primary N) is 1. The number of ether oxygens (including phenoxy) is 1. The Hall–Kier alpha value is -3.22. The zero-order chi connectivity index (χ0) is 24.1. The Morgan fingerprint density at radius 1 is 1.11 bits per heavy atom. The van der Waals surface area contributed by atoms with E-state index in [1.54, 1.807) is 0 Å². The fourth-order valence-electron chi connectivity index (χ4n) is 6.15. The van der Waals surface area contributed by atoms with Crippen LogP contribution >= 0.6 is 0 Å². The summed E-state index contributed by atoms with van der Waals surface area (Å²) in [6, 6.07) is 16.7. The van der Waals surface area contributed by atoms with E-state index in [9.17, 15) is 9.59 Å².